The molecule has 98 valence electrons. The lowest BCUT2D eigenvalue weighted by Gasteiger charge is -2.29. The van der Waals surface area contributed by atoms with Crippen LogP contribution in [0.25, 0.3) is 0 Å². The molecular formula is C12H22N2O3. The van der Waals surface area contributed by atoms with Crippen LogP contribution in [0.4, 0.5) is 0 Å². The highest BCUT2D eigenvalue weighted by Crippen LogP contribution is 2.23. The topological polar surface area (TPSA) is 78.4 Å². The van der Waals surface area contributed by atoms with E-state index in [1.54, 1.807) is 6.92 Å². The van der Waals surface area contributed by atoms with Crippen LogP contribution in [0.15, 0.2) is 0 Å². The van der Waals surface area contributed by atoms with Gasteiger partial charge >= 0.3 is 11.8 Å². The normalized spacial score (nSPS) is 26.1. The standard InChI is InChI=1S/C12H22N2O3/c1-8-5-3-4-6-10(8)14-12(17)11(16)13-7-9(2)15/h8-10,15H,3-7H2,1-2H3,(H,13,16)(H,14,17)/t8-,9-,10-/m0/s1. The first-order valence-electron chi connectivity index (χ1n) is 6.27. The summed E-state index contributed by atoms with van der Waals surface area (Å²) >= 11 is 0. The highest BCUT2D eigenvalue weighted by molar-refractivity contribution is 6.35. The van der Waals surface area contributed by atoms with E-state index in [1.165, 1.54) is 6.42 Å². The van der Waals surface area contributed by atoms with Crippen molar-refractivity contribution in [2.75, 3.05) is 6.54 Å². The number of aliphatic hydroxyl groups excluding tert-OH is 1. The van der Waals surface area contributed by atoms with E-state index >= 15 is 0 Å². The molecule has 5 heteroatoms. The number of carbonyl (C=O) groups is 2. The van der Waals surface area contributed by atoms with Crippen LogP contribution < -0.4 is 10.6 Å². The van der Waals surface area contributed by atoms with Crippen LogP contribution in [0.2, 0.25) is 0 Å². The number of nitrogens with one attached hydrogen (secondary N) is 2. The van der Waals surface area contributed by atoms with Gasteiger partial charge in [-0.25, -0.2) is 0 Å². The summed E-state index contributed by atoms with van der Waals surface area (Å²) in [6.07, 6.45) is 3.70. The van der Waals surface area contributed by atoms with Crippen LogP contribution in [0.3, 0.4) is 0 Å². The van der Waals surface area contributed by atoms with Crippen molar-refractivity contribution in [3.05, 3.63) is 0 Å². The van der Waals surface area contributed by atoms with Crippen LogP contribution in [0, 0.1) is 5.92 Å². The molecule has 0 bridgehead atoms. The third-order valence-electron chi connectivity index (χ3n) is 3.19. The van der Waals surface area contributed by atoms with Crippen LogP contribution in [0.5, 0.6) is 0 Å². The van der Waals surface area contributed by atoms with Crippen molar-refractivity contribution in [1.82, 2.24) is 10.6 Å². The Morgan fingerprint density at radius 3 is 2.53 bits per heavy atom. The summed E-state index contributed by atoms with van der Waals surface area (Å²) in [5.41, 5.74) is 0. The van der Waals surface area contributed by atoms with Gasteiger partial charge in [-0.15, -0.1) is 0 Å². The molecule has 1 rings (SSSR count). The number of amides is 2. The smallest absolute Gasteiger partial charge is 0.309 e. The van der Waals surface area contributed by atoms with Crippen LogP contribution >= 0.6 is 0 Å². The fourth-order valence-electron chi connectivity index (χ4n) is 2.09. The Morgan fingerprint density at radius 2 is 1.94 bits per heavy atom. The van der Waals surface area contributed by atoms with Crippen molar-refractivity contribution in [1.29, 1.82) is 0 Å². The highest BCUT2D eigenvalue weighted by atomic mass is 16.3. The molecule has 0 spiro atoms. The van der Waals surface area contributed by atoms with Crippen molar-refractivity contribution in [2.24, 2.45) is 5.92 Å². The summed E-state index contributed by atoms with van der Waals surface area (Å²) < 4.78 is 0. The molecule has 0 aromatic rings. The number of hydrogen-bond donors (Lipinski definition) is 3. The maximum atomic E-state index is 11.6. The van der Waals surface area contributed by atoms with Gasteiger partial charge in [0.05, 0.1) is 6.10 Å². The van der Waals surface area contributed by atoms with E-state index < -0.39 is 17.9 Å². The minimum Gasteiger partial charge on any atom is -0.392 e. The van der Waals surface area contributed by atoms with E-state index in [4.69, 9.17) is 5.11 Å². The van der Waals surface area contributed by atoms with Gasteiger partial charge in [0, 0.05) is 12.6 Å². The van der Waals surface area contributed by atoms with E-state index in [0.29, 0.717) is 5.92 Å². The SMILES string of the molecule is C[C@H](O)CNC(=O)C(=O)N[C@H]1CCCC[C@@H]1C. The number of carbonyl (C=O) groups excluding carboxylic acids is 2. The lowest BCUT2D eigenvalue weighted by atomic mass is 9.86. The first-order valence-corrected chi connectivity index (χ1v) is 6.27. The molecule has 3 N–H and O–H groups in total. The number of hydrogen-bond acceptors (Lipinski definition) is 3. The van der Waals surface area contributed by atoms with E-state index in [2.05, 4.69) is 17.6 Å². The van der Waals surface area contributed by atoms with E-state index in [9.17, 15) is 9.59 Å². The Labute approximate surface area is 102 Å². The van der Waals surface area contributed by atoms with Crippen molar-refractivity contribution in [3.63, 3.8) is 0 Å². The maximum Gasteiger partial charge on any atom is 0.309 e. The van der Waals surface area contributed by atoms with Gasteiger partial charge in [-0.3, -0.25) is 9.59 Å². The van der Waals surface area contributed by atoms with Crippen molar-refractivity contribution in [2.45, 2.75) is 51.7 Å². The summed E-state index contributed by atoms with van der Waals surface area (Å²) in [7, 11) is 0. The Hall–Kier alpha value is -1.10. The average Bonchev–Trinajstić information content (AvgIpc) is 2.28. The zero-order valence-electron chi connectivity index (χ0n) is 10.5. The molecule has 5 nitrogen and oxygen atoms in total. The summed E-state index contributed by atoms with van der Waals surface area (Å²) in [4.78, 5) is 23.0. The molecule has 3 atom stereocenters. The fraction of sp³-hybridized carbons (Fsp3) is 0.833. The molecule has 0 unspecified atom stereocenters. The van der Waals surface area contributed by atoms with Crippen molar-refractivity contribution in [3.8, 4) is 0 Å². The Kier molecular flexibility index (Phi) is 5.41. The molecular weight excluding hydrogens is 220 g/mol. The Morgan fingerprint density at radius 1 is 1.29 bits per heavy atom. The maximum absolute atomic E-state index is 11.6. The lowest BCUT2D eigenvalue weighted by Crippen LogP contribution is -2.48. The predicted octanol–water partition coefficient (Wildman–Crippen LogP) is 0.178. The summed E-state index contributed by atoms with van der Waals surface area (Å²) in [5.74, 6) is -0.828. The van der Waals surface area contributed by atoms with Gasteiger partial charge in [0.2, 0.25) is 0 Å². The molecule has 1 aliphatic carbocycles. The van der Waals surface area contributed by atoms with Crippen molar-refractivity contribution < 1.29 is 14.7 Å². The molecule has 1 saturated carbocycles. The van der Waals surface area contributed by atoms with E-state index in [0.717, 1.165) is 19.3 Å². The molecule has 1 aliphatic rings. The lowest BCUT2D eigenvalue weighted by molar-refractivity contribution is -0.140. The van der Waals surface area contributed by atoms with Gasteiger partial charge in [0.1, 0.15) is 0 Å². The largest absolute Gasteiger partial charge is 0.392 e. The van der Waals surface area contributed by atoms with Gasteiger partial charge in [0.25, 0.3) is 0 Å². The molecule has 0 aliphatic heterocycles. The van der Waals surface area contributed by atoms with Gasteiger partial charge < -0.3 is 15.7 Å². The zero-order chi connectivity index (χ0) is 12.8. The fourth-order valence-corrected chi connectivity index (χ4v) is 2.09. The summed E-state index contributed by atoms with van der Waals surface area (Å²) in [6.45, 7) is 3.76. The second kappa shape index (κ2) is 6.59. The Balaban J connectivity index is 2.34. The van der Waals surface area contributed by atoms with Crippen molar-refractivity contribution >= 4 is 11.8 Å². The van der Waals surface area contributed by atoms with E-state index in [-0.39, 0.29) is 12.6 Å². The second-order valence-electron chi connectivity index (χ2n) is 4.90. The van der Waals surface area contributed by atoms with Crippen LogP contribution in [-0.2, 0) is 9.59 Å². The zero-order valence-corrected chi connectivity index (χ0v) is 10.5. The predicted molar refractivity (Wildman–Crippen MR) is 64.3 cm³/mol. The molecule has 2 amide bonds. The molecule has 0 saturated heterocycles. The monoisotopic (exact) mass is 242 g/mol. The average molecular weight is 242 g/mol. The van der Waals surface area contributed by atoms with Gasteiger partial charge in [0.15, 0.2) is 0 Å². The van der Waals surface area contributed by atoms with Crippen LogP contribution in [0.1, 0.15) is 39.5 Å². The molecule has 0 radical (unpaired) electrons. The van der Waals surface area contributed by atoms with Gasteiger partial charge in [-0.1, -0.05) is 19.8 Å². The quantitative estimate of drug-likeness (QED) is 0.618. The number of rotatable bonds is 3. The summed E-state index contributed by atoms with van der Waals surface area (Å²) in [6, 6.07) is 0.105. The highest BCUT2D eigenvalue weighted by Gasteiger charge is 2.25. The number of aliphatic hydroxyl groups is 1. The first kappa shape index (κ1) is 14.0. The molecule has 0 aromatic carbocycles. The minimum atomic E-state index is -0.663. The Bertz CT molecular complexity index is 279. The molecule has 1 fully saturated rings. The third kappa shape index (κ3) is 4.73. The van der Waals surface area contributed by atoms with Crippen LogP contribution in [-0.4, -0.2) is 35.6 Å². The third-order valence-corrected chi connectivity index (χ3v) is 3.19. The van der Waals surface area contributed by atoms with Gasteiger partial charge in [-0.05, 0) is 25.7 Å². The molecule has 0 aromatic heterocycles. The molecule has 0 heterocycles. The first-order chi connectivity index (χ1) is 8.00. The summed E-state index contributed by atoms with van der Waals surface area (Å²) in [5, 5.41) is 14.1. The minimum absolute atomic E-state index is 0.104. The molecule has 17 heavy (non-hydrogen) atoms. The van der Waals surface area contributed by atoms with E-state index in [1.807, 2.05) is 0 Å². The second-order valence-corrected chi connectivity index (χ2v) is 4.90. The van der Waals surface area contributed by atoms with Gasteiger partial charge in [-0.2, -0.15) is 0 Å².